The number of carbonyl (C=O) groups excluding carboxylic acids is 5. The number of amides is 4. The Balaban J connectivity index is 1.65. The van der Waals surface area contributed by atoms with Crippen LogP contribution in [0.4, 0.5) is 14.5 Å². The second-order valence-corrected chi connectivity index (χ2v) is 12.9. The molecule has 2 heterocycles. The molecule has 0 bridgehead atoms. The fourth-order valence-corrected chi connectivity index (χ4v) is 5.18. The van der Waals surface area contributed by atoms with Gasteiger partial charge < -0.3 is 34.8 Å². The molecule has 0 spiro atoms. The Kier molecular flexibility index (Phi) is 13.3. The third-order valence-electron chi connectivity index (χ3n) is 7.86. The molecule has 1 aliphatic heterocycles. The van der Waals surface area contributed by atoms with Gasteiger partial charge in [0.2, 0.25) is 17.6 Å². The van der Waals surface area contributed by atoms with Crippen molar-refractivity contribution >= 4 is 46.0 Å². The zero-order chi connectivity index (χ0) is 37.2. The van der Waals surface area contributed by atoms with Gasteiger partial charge in [-0.25, -0.2) is 8.78 Å². The number of likely N-dealkylation sites (tertiary alicyclic amines) is 1. The number of para-hydroxylation sites is 1. The molecule has 0 saturated carbocycles. The summed E-state index contributed by atoms with van der Waals surface area (Å²) in [4.78, 5) is 69.5. The van der Waals surface area contributed by atoms with E-state index in [2.05, 4.69) is 27.5 Å². The van der Waals surface area contributed by atoms with Crippen molar-refractivity contribution in [1.29, 1.82) is 0 Å². The summed E-state index contributed by atoms with van der Waals surface area (Å²) in [5.41, 5.74) is 1.24. The van der Waals surface area contributed by atoms with Crippen molar-refractivity contribution in [3.05, 3.63) is 71.8 Å². The minimum Gasteiger partial charge on any atom is -0.498 e. The third kappa shape index (κ3) is 10.9. The van der Waals surface area contributed by atoms with E-state index in [-0.39, 0.29) is 18.0 Å². The van der Waals surface area contributed by atoms with Crippen LogP contribution in [0.3, 0.4) is 0 Å². The number of anilines is 1. The molecule has 1 aromatic heterocycles. The van der Waals surface area contributed by atoms with Gasteiger partial charge in [0.25, 0.3) is 17.7 Å². The number of Topliss-reactive ketones (excluding diaryl/α,β-unsaturated/α-hetero) is 1. The molecule has 3 rings (SSSR count). The summed E-state index contributed by atoms with van der Waals surface area (Å²) in [7, 11) is 9.01. The van der Waals surface area contributed by atoms with Crippen molar-refractivity contribution in [1.82, 2.24) is 20.5 Å². The maximum Gasteiger partial charge on any atom is 0.289 e. The first-order valence-corrected chi connectivity index (χ1v) is 15.9. The molecule has 3 N–H and O–H groups in total. The number of ether oxygens (including phenoxy) is 2. The van der Waals surface area contributed by atoms with Crippen molar-refractivity contribution in [2.24, 2.45) is 0 Å². The first-order chi connectivity index (χ1) is 23.5. The highest BCUT2D eigenvalue weighted by molar-refractivity contribution is 6.38. The van der Waals surface area contributed by atoms with Crippen LogP contribution >= 0.6 is 0 Å². The van der Waals surface area contributed by atoms with Gasteiger partial charge in [-0.2, -0.15) is 0 Å². The maximum atomic E-state index is 14.5. The van der Waals surface area contributed by atoms with E-state index < -0.39 is 55.0 Å². The quantitative estimate of drug-likeness (QED) is 0.105. The predicted molar refractivity (Wildman–Crippen MR) is 183 cm³/mol. The van der Waals surface area contributed by atoms with Gasteiger partial charge in [0.1, 0.15) is 11.8 Å². The predicted octanol–water partition coefficient (Wildman–Crippen LogP) is 2.95. The van der Waals surface area contributed by atoms with Crippen molar-refractivity contribution in [2.75, 3.05) is 66.9 Å². The van der Waals surface area contributed by atoms with Crippen LogP contribution in [-0.2, 0) is 28.7 Å². The van der Waals surface area contributed by atoms with Crippen LogP contribution in [0.25, 0.3) is 10.9 Å². The van der Waals surface area contributed by atoms with E-state index in [9.17, 15) is 32.8 Å². The average molecular weight is 700 g/mol. The summed E-state index contributed by atoms with van der Waals surface area (Å²) in [5, 5.41) is 7.98. The minimum absolute atomic E-state index is 0.127. The topological polar surface area (TPSA) is 156 Å². The van der Waals surface area contributed by atoms with E-state index in [0.29, 0.717) is 51.4 Å². The van der Waals surface area contributed by atoms with Gasteiger partial charge >= 0.3 is 0 Å². The number of halogens is 2. The van der Waals surface area contributed by atoms with Gasteiger partial charge in [0.05, 0.1) is 71.8 Å². The average Bonchev–Trinajstić information content (AvgIpc) is 3.40. The molecule has 1 aliphatic rings. The number of carbonyl (C=O) groups is 5. The van der Waals surface area contributed by atoms with Gasteiger partial charge in [-0.3, -0.25) is 29.0 Å². The molecule has 1 aromatic carbocycles. The molecule has 13 nitrogen and oxygen atoms in total. The van der Waals surface area contributed by atoms with E-state index in [1.165, 1.54) is 32.6 Å². The number of fused-ring (bicyclic) bond motifs is 1. The lowest BCUT2D eigenvalue weighted by molar-refractivity contribution is -0.870. The van der Waals surface area contributed by atoms with Gasteiger partial charge in [0.15, 0.2) is 5.76 Å². The number of hydrogen-bond donors (Lipinski definition) is 3. The van der Waals surface area contributed by atoms with E-state index in [1.807, 2.05) is 21.1 Å². The van der Waals surface area contributed by atoms with Crippen molar-refractivity contribution < 1.29 is 46.7 Å². The molecule has 270 valence electrons. The number of pyridine rings is 1. The Labute approximate surface area is 289 Å². The molecule has 1 saturated heterocycles. The van der Waals surface area contributed by atoms with Crippen LogP contribution in [0.5, 0.6) is 0 Å². The molecule has 0 aliphatic carbocycles. The van der Waals surface area contributed by atoms with E-state index >= 15 is 0 Å². The highest BCUT2D eigenvalue weighted by Crippen LogP contribution is 2.32. The number of hydrogen-bond acceptors (Lipinski definition) is 8. The number of nitrogens with one attached hydrogen (secondary N) is 3. The van der Waals surface area contributed by atoms with Crippen LogP contribution in [-0.4, -0.2) is 117 Å². The minimum atomic E-state index is -3.43. The number of aromatic nitrogens is 1. The number of alkyl halides is 2. The Morgan fingerprint density at radius 1 is 1.06 bits per heavy atom. The number of benzene rings is 1. The fourth-order valence-electron chi connectivity index (χ4n) is 5.18. The van der Waals surface area contributed by atoms with Crippen molar-refractivity contribution in [3.63, 3.8) is 0 Å². The molecule has 50 heavy (non-hydrogen) atoms. The lowest BCUT2D eigenvalue weighted by atomic mass is 10.1. The second kappa shape index (κ2) is 17.0. The van der Waals surface area contributed by atoms with Crippen LogP contribution in [0.1, 0.15) is 36.5 Å². The largest absolute Gasteiger partial charge is 0.498 e. The van der Waals surface area contributed by atoms with E-state index in [0.717, 1.165) is 11.0 Å². The number of ketones is 1. The number of allylic oxidation sites excluding steroid dienone is 2. The van der Waals surface area contributed by atoms with E-state index in [4.69, 9.17) is 9.47 Å². The standard InChI is InChI=1S/C35H44F2N6O7/c1-22(13-14-28(50-7)23(2)49-6)19-39-34(48)32(46)27-18-35(36,37)21-42(27)30(45)20-40-33(47)25-15-16-38-31-24(25)10-8-11-26(31)41-29(44)12-9-17-43(3,4)5/h8,10-11,13-16,27H,1,9,12,17-21H2,2-7H3,(H2-,39,40,41,44,47,48)/p+1/b14-13-,28-23-/t27-/m0/s1. The maximum absolute atomic E-state index is 14.5. The van der Waals surface area contributed by atoms with Gasteiger partial charge in [0, 0.05) is 37.4 Å². The lowest BCUT2D eigenvalue weighted by Gasteiger charge is -2.23. The van der Waals surface area contributed by atoms with Crippen LogP contribution < -0.4 is 16.0 Å². The molecular weight excluding hydrogens is 654 g/mol. The SMILES string of the molecule is C=C(/C=C\C(OC)=C(/C)OC)CNC(=O)C(=O)[C@@H]1CC(F)(F)CN1C(=O)CNC(=O)c1ccnc2c(NC(=O)CCC[N+](C)(C)C)cccc12. The first kappa shape index (κ1) is 39.3. The van der Waals surface area contributed by atoms with Gasteiger partial charge in [-0.1, -0.05) is 24.8 Å². The Hall–Kier alpha value is -5.18. The fraction of sp³-hybridized carbons (Fsp3) is 0.429. The molecule has 0 radical (unpaired) electrons. The number of rotatable bonds is 16. The summed E-state index contributed by atoms with van der Waals surface area (Å²) < 4.78 is 40.0. The number of quaternary nitrogens is 1. The molecule has 1 fully saturated rings. The molecule has 4 amide bonds. The highest BCUT2D eigenvalue weighted by Gasteiger charge is 2.51. The summed E-state index contributed by atoms with van der Waals surface area (Å²) in [5.74, 6) is -6.81. The van der Waals surface area contributed by atoms with Crippen LogP contribution in [0, 0.1) is 0 Å². The third-order valence-corrected chi connectivity index (χ3v) is 7.86. The molecule has 15 heteroatoms. The first-order valence-electron chi connectivity index (χ1n) is 15.9. The highest BCUT2D eigenvalue weighted by atomic mass is 19.3. The lowest BCUT2D eigenvalue weighted by Crippen LogP contribution is -2.49. The summed E-state index contributed by atoms with van der Waals surface area (Å²) in [6.45, 7) is 4.27. The Bertz CT molecular complexity index is 1700. The van der Waals surface area contributed by atoms with Crippen LogP contribution in [0.15, 0.2) is 66.3 Å². The molecule has 2 aromatic rings. The Morgan fingerprint density at radius 3 is 2.44 bits per heavy atom. The molecule has 0 unspecified atom stereocenters. The molecule has 1 atom stereocenters. The van der Waals surface area contributed by atoms with Gasteiger partial charge in [-0.05, 0) is 30.7 Å². The summed E-state index contributed by atoms with van der Waals surface area (Å²) >= 11 is 0. The van der Waals surface area contributed by atoms with E-state index in [1.54, 1.807) is 31.2 Å². The number of nitrogens with zero attached hydrogens (tertiary/aromatic N) is 3. The Morgan fingerprint density at radius 2 is 1.78 bits per heavy atom. The van der Waals surface area contributed by atoms with Crippen molar-refractivity contribution in [3.8, 4) is 0 Å². The number of methoxy groups -OCH3 is 2. The summed E-state index contributed by atoms with van der Waals surface area (Å²) in [6, 6.07) is 4.61. The van der Waals surface area contributed by atoms with Crippen LogP contribution in [0.2, 0.25) is 0 Å². The smallest absolute Gasteiger partial charge is 0.289 e. The zero-order valence-electron chi connectivity index (χ0n) is 29.2. The molecular formula is C35H45F2N6O7+. The van der Waals surface area contributed by atoms with Gasteiger partial charge in [-0.15, -0.1) is 0 Å². The summed E-state index contributed by atoms with van der Waals surface area (Å²) in [6.07, 6.45) is 4.36. The van der Waals surface area contributed by atoms with Crippen molar-refractivity contribution in [2.45, 2.75) is 38.2 Å². The normalized spacial score (nSPS) is 16.1. The zero-order valence-corrected chi connectivity index (χ0v) is 29.2. The monoisotopic (exact) mass is 699 g/mol. The second-order valence-electron chi connectivity index (χ2n) is 12.9.